The number of hydrogen-bond donors (Lipinski definition) is 2. The van der Waals surface area contributed by atoms with E-state index in [4.69, 9.17) is 5.11 Å². The highest BCUT2D eigenvalue weighted by Crippen LogP contribution is 2.36. The van der Waals surface area contributed by atoms with E-state index in [-0.39, 0.29) is 17.2 Å². The van der Waals surface area contributed by atoms with Crippen LogP contribution in [0.2, 0.25) is 0 Å². The largest absolute Gasteiger partial charge is 0.481 e. The normalized spacial score (nSPS) is 22.8. The van der Waals surface area contributed by atoms with Crippen molar-refractivity contribution in [2.24, 2.45) is 0 Å². The molecule has 0 aromatic carbocycles. The number of rotatable bonds is 6. The first kappa shape index (κ1) is 15.1. The van der Waals surface area contributed by atoms with E-state index >= 15 is 0 Å². The molecular formula is C12H22N2O3S. The van der Waals surface area contributed by atoms with Crippen molar-refractivity contribution in [3.63, 3.8) is 0 Å². The van der Waals surface area contributed by atoms with Crippen molar-refractivity contribution in [3.8, 4) is 0 Å². The molecule has 5 nitrogen and oxygen atoms in total. The first-order valence-corrected chi connectivity index (χ1v) is 7.26. The Labute approximate surface area is 112 Å². The monoisotopic (exact) mass is 274 g/mol. The third-order valence-corrected chi connectivity index (χ3v) is 4.68. The van der Waals surface area contributed by atoms with Gasteiger partial charge in [-0.05, 0) is 31.9 Å². The highest BCUT2D eigenvalue weighted by atomic mass is 32.2. The molecule has 1 atom stereocenters. The summed E-state index contributed by atoms with van der Waals surface area (Å²) in [6.45, 7) is 3.33. The van der Waals surface area contributed by atoms with Crippen molar-refractivity contribution in [2.45, 2.75) is 37.4 Å². The van der Waals surface area contributed by atoms with E-state index in [9.17, 15) is 9.59 Å². The van der Waals surface area contributed by atoms with E-state index in [1.807, 2.05) is 11.8 Å². The van der Waals surface area contributed by atoms with Gasteiger partial charge in [-0.15, -0.1) is 0 Å². The standard InChI is InChI=1S/C12H22N2O3S/c1-12(6-4-8-18-12)9-13-11(17)14(2)7-3-5-10(15)16/h3-9H2,1-2H3,(H,13,17)(H,15,16). The Morgan fingerprint density at radius 1 is 1.50 bits per heavy atom. The Hall–Kier alpha value is -0.910. The van der Waals surface area contributed by atoms with Crippen LogP contribution in [0.4, 0.5) is 4.79 Å². The molecule has 0 spiro atoms. The molecule has 0 bridgehead atoms. The van der Waals surface area contributed by atoms with E-state index in [0.29, 0.717) is 19.5 Å². The zero-order chi connectivity index (χ0) is 13.6. The van der Waals surface area contributed by atoms with E-state index in [0.717, 1.165) is 6.42 Å². The molecule has 0 saturated carbocycles. The van der Waals surface area contributed by atoms with Crippen molar-refractivity contribution in [3.05, 3.63) is 0 Å². The fraction of sp³-hybridized carbons (Fsp3) is 0.833. The minimum atomic E-state index is -0.821. The first-order chi connectivity index (χ1) is 8.43. The quantitative estimate of drug-likeness (QED) is 0.774. The number of aliphatic carboxylic acids is 1. The lowest BCUT2D eigenvalue weighted by atomic mass is 10.1. The highest BCUT2D eigenvalue weighted by Gasteiger charge is 2.29. The molecule has 1 saturated heterocycles. The summed E-state index contributed by atoms with van der Waals surface area (Å²) in [5, 5.41) is 11.4. The van der Waals surface area contributed by atoms with Gasteiger partial charge in [-0.3, -0.25) is 4.79 Å². The summed E-state index contributed by atoms with van der Waals surface area (Å²) in [5.74, 6) is 0.347. The van der Waals surface area contributed by atoms with Crippen LogP contribution in [0.5, 0.6) is 0 Å². The third kappa shape index (κ3) is 5.16. The molecule has 1 fully saturated rings. The third-order valence-electron chi connectivity index (χ3n) is 3.14. The van der Waals surface area contributed by atoms with Crippen molar-refractivity contribution in [1.82, 2.24) is 10.2 Å². The molecule has 1 aliphatic rings. The Balaban J connectivity index is 2.20. The smallest absolute Gasteiger partial charge is 0.317 e. The number of nitrogens with one attached hydrogen (secondary N) is 1. The van der Waals surface area contributed by atoms with Gasteiger partial charge in [0.1, 0.15) is 0 Å². The van der Waals surface area contributed by atoms with Gasteiger partial charge in [-0.1, -0.05) is 0 Å². The van der Waals surface area contributed by atoms with Crippen molar-refractivity contribution in [1.29, 1.82) is 0 Å². The first-order valence-electron chi connectivity index (χ1n) is 6.28. The molecule has 0 aliphatic carbocycles. The van der Waals surface area contributed by atoms with E-state index < -0.39 is 5.97 Å². The van der Waals surface area contributed by atoms with Gasteiger partial charge in [0.15, 0.2) is 0 Å². The van der Waals surface area contributed by atoms with Crippen LogP contribution in [-0.4, -0.2) is 52.6 Å². The second-order valence-electron chi connectivity index (χ2n) is 4.98. The lowest BCUT2D eigenvalue weighted by molar-refractivity contribution is -0.137. The Kier molecular flexibility index (Phi) is 5.78. The van der Waals surface area contributed by atoms with E-state index in [1.165, 1.54) is 12.2 Å². The van der Waals surface area contributed by atoms with Gasteiger partial charge in [-0.25, -0.2) is 4.79 Å². The molecule has 104 valence electrons. The number of urea groups is 1. The maximum absolute atomic E-state index is 11.8. The van der Waals surface area contributed by atoms with Crippen LogP contribution in [0.25, 0.3) is 0 Å². The van der Waals surface area contributed by atoms with Crippen molar-refractivity contribution < 1.29 is 14.7 Å². The second kappa shape index (κ2) is 6.87. The molecule has 18 heavy (non-hydrogen) atoms. The Morgan fingerprint density at radius 2 is 2.22 bits per heavy atom. The maximum Gasteiger partial charge on any atom is 0.317 e. The number of hydrogen-bond acceptors (Lipinski definition) is 3. The minimum Gasteiger partial charge on any atom is -0.481 e. The highest BCUT2D eigenvalue weighted by molar-refractivity contribution is 8.00. The number of nitrogens with zero attached hydrogens (tertiary/aromatic N) is 1. The van der Waals surface area contributed by atoms with Crippen LogP contribution < -0.4 is 5.32 Å². The average Bonchev–Trinajstić information content (AvgIpc) is 2.73. The summed E-state index contributed by atoms with van der Waals surface area (Å²) in [6.07, 6.45) is 2.95. The lowest BCUT2D eigenvalue weighted by Crippen LogP contribution is -2.43. The van der Waals surface area contributed by atoms with Gasteiger partial charge in [0.05, 0.1) is 0 Å². The molecule has 2 N–H and O–H groups in total. The maximum atomic E-state index is 11.8. The van der Waals surface area contributed by atoms with E-state index in [1.54, 1.807) is 11.9 Å². The average molecular weight is 274 g/mol. The van der Waals surface area contributed by atoms with Gasteiger partial charge in [0.2, 0.25) is 0 Å². The zero-order valence-electron chi connectivity index (χ0n) is 11.1. The number of carbonyl (C=O) groups excluding carboxylic acids is 1. The van der Waals surface area contributed by atoms with Gasteiger partial charge < -0.3 is 15.3 Å². The van der Waals surface area contributed by atoms with E-state index in [2.05, 4.69) is 12.2 Å². The molecule has 2 amide bonds. The minimum absolute atomic E-state index is 0.102. The lowest BCUT2D eigenvalue weighted by Gasteiger charge is -2.25. The van der Waals surface area contributed by atoms with Crippen LogP contribution in [0.1, 0.15) is 32.6 Å². The van der Waals surface area contributed by atoms with Gasteiger partial charge in [0.25, 0.3) is 0 Å². The molecule has 1 aliphatic heterocycles. The summed E-state index contributed by atoms with van der Waals surface area (Å²) in [4.78, 5) is 23.7. The summed E-state index contributed by atoms with van der Waals surface area (Å²) in [5.41, 5.74) is 0. The Morgan fingerprint density at radius 3 is 2.78 bits per heavy atom. The van der Waals surface area contributed by atoms with Gasteiger partial charge >= 0.3 is 12.0 Å². The number of carbonyl (C=O) groups is 2. The van der Waals surface area contributed by atoms with Crippen LogP contribution in [-0.2, 0) is 4.79 Å². The zero-order valence-corrected chi connectivity index (χ0v) is 11.9. The van der Waals surface area contributed by atoms with Gasteiger partial charge in [-0.2, -0.15) is 11.8 Å². The molecular weight excluding hydrogens is 252 g/mol. The molecule has 1 heterocycles. The predicted octanol–water partition coefficient (Wildman–Crippen LogP) is 1.78. The second-order valence-corrected chi connectivity index (χ2v) is 6.66. The summed E-state index contributed by atoms with van der Waals surface area (Å²) in [7, 11) is 1.70. The van der Waals surface area contributed by atoms with Crippen LogP contribution in [0.15, 0.2) is 0 Å². The van der Waals surface area contributed by atoms with Crippen LogP contribution in [0.3, 0.4) is 0 Å². The summed E-state index contributed by atoms with van der Waals surface area (Å²) < 4.78 is 0.164. The molecule has 1 rings (SSSR count). The Bertz CT molecular complexity index is 304. The number of carboxylic acid groups (broad SMARTS) is 1. The van der Waals surface area contributed by atoms with Crippen molar-refractivity contribution >= 4 is 23.8 Å². The van der Waals surface area contributed by atoms with Crippen molar-refractivity contribution in [2.75, 3.05) is 25.9 Å². The predicted molar refractivity (Wildman–Crippen MR) is 73.0 cm³/mol. The number of carboxylic acids is 1. The summed E-state index contributed by atoms with van der Waals surface area (Å²) in [6, 6.07) is -0.117. The SMILES string of the molecule is CN(CCCC(=O)O)C(=O)NCC1(C)CCCS1. The summed E-state index contributed by atoms with van der Waals surface area (Å²) >= 11 is 1.91. The molecule has 0 radical (unpaired) electrons. The fourth-order valence-corrected chi connectivity index (χ4v) is 3.19. The van der Waals surface area contributed by atoms with Gasteiger partial charge in [0, 0.05) is 31.3 Å². The topological polar surface area (TPSA) is 69.6 Å². The van der Waals surface area contributed by atoms with Crippen LogP contribution >= 0.6 is 11.8 Å². The number of amides is 2. The van der Waals surface area contributed by atoms with Crippen LogP contribution in [0, 0.1) is 0 Å². The fourth-order valence-electron chi connectivity index (χ4n) is 1.94. The molecule has 1 unspecified atom stereocenters. The molecule has 6 heteroatoms. The number of thioether (sulfide) groups is 1. The molecule has 0 aromatic heterocycles. The molecule has 0 aromatic rings.